The fourth-order valence-corrected chi connectivity index (χ4v) is 1.53. The molecule has 1 aromatic heterocycles. The first-order chi connectivity index (χ1) is 7.70. The Labute approximate surface area is 99.1 Å². The Bertz CT molecular complexity index is 553. The van der Waals surface area contributed by atoms with E-state index in [1.54, 1.807) is 6.20 Å². The molecule has 0 unspecified atom stereocenters. The van der Waals surface area contributed by atoms with Crippen LogP contribution in [0.2, 0.25) is 5.02 Å². The highest BCUT2D eigenvalue weighted by Gasteiger charge is 2.02. The van der Waals surface area contributed by atoms with Crippen LogP contribution < -0.4 is 5.73 Å². The van der Waals surface area contributed by atoms with Crippen LogP contribution in [0.3, 0.4) is 0 Å². The van der Waals surface area contributed by atoms with Crippen molar-refractivity contribution < 1.29 is 0 Å². The van der Waals surface area contributed by atoms with Gasteiger partial charge in [-0.2, -0.15) is 0 Å². The fraction of sp³-hybridized carbons (Fsp3) is 0. The van der Waals surface area contributed by atoms with Gasteiger partial charge in [-0.3, -0.25) is 0 Å². The van der Waals surface area contributed by atoms with Gasteiger partial charge in [0.1, 0.15) is 5.69 Å². The summed E-state index contributed by atoms with van der Waals surface area (Å²) in [6.45, 7) is 0. The molecular formula is C13H9ClN2. The Kier molecular flexibility index (Phi) is 2.80. The summed E-state index contributed by atoms with van der Waals surface area (Å²) in [7, 11) is 0. The lowest BCUT2D eigenvalue weighted by molar-refractivity contribution is 1.29. The molecule has 1 heterocycles. The minimum Gasteiger partial charge on any atom is -0.396 e. The predicted octanol–water partition coefficient (Wildman–Crippen LogP) is 2.97. The van der Waals surface area contributed by atoms with E-state index < -0.39 is 0 Å². The molecule has 0 aliphatic carbocycles. The number of rotatable bonds is 1. The summed E-state index contributed by atoms with van der Waals surface area (Å²) in [4.78, 5) is 4.10. The molecule has 0 fully saturated rings. The van der Waals surface area contributed by atoms with Crippen LogP contribution in [-0.2, 0) is 0 Å². The number of nitrogens with zero attached hydrogens (tertiary/aromatic N) is 1. The number of pyridine rings is 1. The van der Waals surface area contributed by atoms with Gasteiger partial charge in [-0.15, -0.1) is 6.42 Å². The molecule has 78 valence electrons. The molecule has 0 radical (unpaired) electrons. The van der Waals surface area contributed by atoms with Crippen molar-refractivity contribution in [2.45, 2.75) is 0 Å². The first kappa shape index (κ1) is 10.5. The average Bonchev–Trinajstić information content (AvgIpc) is 2.30. The number of nitrogens with two attached hydrogens (primary N) is 1. The standard InChI is InChI=1S/C13H9ClN2/c1-2-13-12(15)7-10(8-16-13)9-3-5-11(14)6-4-9/h1,3-8H,15H2. The van der Waals surface area contributed by atoms with Crippen LogP contribution in [0.4, 0.5) is 5.69 Å². The van der Waals surface area contributed by atoms with Crippen LogP contribution in [0.15, 0.2) is 36.5 Å². The van der Waals surface area contributed by atoms with Crippen molar-refractivity contribution in [1.82, 2.24) is 4.98 Å². The second-order valence-electron chi connectivity index (χ2n) is 3.31. The molecule has 0 amide bonds. The van der Waals surface area contributed by atoms with Crippen molar-refractivity contribution in [3.8, 4) is 23.5 Å². The quantitative estimate of drug-likeness (QED) is 0.763. The van der Waals surface area contributed by atoms with Gasteiger partial charge in [-0.05, 0) is 29.7 Å². The summed E-state index contributed by atoms with van der Waals surface area (Å²) in [5.41, 5.74) is 8.68. The van der Waals surface area contributed by atoms with Crippen LogP contribution in [0.5, 0.6) is 0 Å². The first-order valence-corrected chi connectivity index (χ1v) is 5.06. The Balaban J connectivity index is 2.46. The average molecular weight is 229 g/mol. The molecule has 2 nitrogen and oxygen atoms in total. The van der Waals surface area contributed by atoms with E-state index in [0.29, 0.717) is 16.4 Å². The Morgan fingerprint density at radius 3 is 2.44 bits per heavy atom. The largest absolute Gasteiger partial charge is 0.396 e. The third kappa shape index (κ3) is 2.00. The molecule has 0 spiro atoms. The molecule has 0 saturated heterocycles. The number of anilines is 1. The minimum absolute atomic E-state index is 0.470. The normalized spacial score (nSPS) is 9.75. The highest BCUT2D eigenvalue weighted by Crippen LogP contribution is 2.23. The number of halogens is 1. The molecule has 0 aliphatic heterocycles. The summed E-state index contributed by atoms with van der Waals surface area (Å²) < 4.78 is 0. The minimum atomic E-state index is 0.470. The zero-order chi connectivity index (χ0) is 11.5. The molecule has 2 aromatic rings. The van der Waals surface area contributed by atoms with Gasteiger partial charge < -0.3 is 5.73 Å². The molecule has 1 aromatic carbocycles. The maximum absolute atomic E-state index is 5.81. The maximum Gasteiger partial charge on any atom is 0.135 e. The molecule has 0 bridgehead atoms. The molecule has 0 atom stereocenters. The molecule has 3 heteroatoms. The van der Waals surface area contributed by atoms with Gasteiger partial charge in [0.25, 0.3) is 0 Å². The zero-order valence-corrected chi connectivity index (χ0v) is 9.20. The zero-order valence-electron chi connectivity index (χ0n) is 8.44. The van der Waals surface area contributed by atoms with E-state index in [4.69, 9.17) is 23.8 Å². The van der Waals surface area contributed by atoms with Crippen molar-refractivity contribution in [3.63, 3.8) is 0 Å². The van der Waals surface area contributed by atoms with E-state index >= 15 is 0 Å². The third-order valence-electron chi connectivity index (χ3n) is 2.23. The smallest absolute Gasteiger partial charge is 0.135 e. The monoisotopic (exact) mass is 228 g/mol. The summed E-state index contributed by atoms with van der Waals surface area (Å²) in [6, 6.07) is 9.28. The van der Waals surface area contributed by atoms with Crippen molar-refractivity contribution in [2.75, 3.05) is 5.73 Å². The van der Waals surface area contributed by atoms with Crippen molar-refractivity contribution in [3.05, 3.63) is 47.2 Å². The van der Waals surface area contributed by atoms with E-state index in [0.717, 1.165) is 11.1 Å². The van der Waals surface area contributed by atoms with Crippen LogP contribution in [0.1, 0.15) is 5.69 Å². The van der Waals surface area contributed by atoms with Gasteiger partial charge in [0, 0.05) is 16.8 Å². The third-order valence-corrected chi connectivity index (χ3v) is 2.48. The maximum atomic E-state index is 5.81. The number of hydrogen-bond donors (Lipinski definition) is 1. The van der Waals surface area contributed by atoms with Crippen LogP contribution in [0, 0.1) is 12.3 Å². The van der Waals surface area contributed by atoms with E-state index in [9.17, 15) is 0 Å². The first-order valence-electron chi connectivity index (χ1n) is 4.69. The summed E-state index contributed by atoms with van der Waals surface area (Å²) >= 11 is 5.81. The predicted molar refractivity (Wildman–Crippen MR) is 67.0 cm³/mol. The fourth-order valence-electron chi connectivity index (χ4n) is 1.40. The number of nitrogen functional groups attached to an aromatic ring is 1. The lowest BCUT2D eigenvalue weighted by Gasteiger charge is -2.04. The van der Waals surface area contributed by atoms with Crippen LogP contribution in [-0.4, -0.2) is 4.98 Å². The summed E-state index contributed by atoms with van der Waals surface area (Å²) in [5, 5.41) is 0.699. The van der Waals surface area contributed by atoms with Crippen molar-refractivity contribution in [2.24, 2.45) is 0 Å². The highest BCUT2D eigenvalue weighted by molar-refractivity contribution is 6.30. The van der Waals surface area contributed by atoms with Gasteiger partial charge in [-0.25, -0.2) is 4.98 Å². The van der Waals surface area contributed by atoms with E-state index in [1.165, 1.54) is 0 Å². The summed E-state index contributed by atoms with van der Waals surface area (Å²) in [6.07, 6.45) is 6.95. The lowest BCUT2D eigenvalue weighted by atomic mass is 10.1. The number of terminal acetylenes is 1. The lowest BCUT2D eigenvalue weighted by Crippen LogP contribution is -1.94. The molecule has 16 heavy (non-hydrogen) atoms. The van der Waals surface area contributed by atoms with Crippen LogP contribution in [0.25, 0.3) is 11.1 Å². The van der Waals surface area contributed by atoms with E-state index in [1.807, 2.05) is 30.3 Å². The van der Waals surface area contributed by atoms with Crippen LogP contribution >= 0.6 is 11.6 Å². The molecule has 2 rings (SSSR count). The number of hydrogen-bond acceptors (Lipinski definition) is 2. The second-order valence-corrected chi connectivity index (χ2v) is 3.75. The van der Waals surface area contributed by atoms with Gasteiger partial charge >= 0.3 is 0 Å². The van der Waals surface area contributed by atoms with E-state index in [2.05, 4.69) is 10.9 Å². The van der Waals surface area contributed by atoms with Gasteiger partial charge in [0.2, 0.25) is 0 Å². The van der Waals surface area contributed by atoms with Gasteiger partial charge in [0.15, 0.2) is 0 Å². The van der Waals surface area contributed by atoms with Gasteiger partial charge in [-0.1, -0.05) is 23.7 Å². The Morgan fingerprint density at radius 1 is 1.19 bits per heavy atom. The molecule has 0 saturated carbocycles. The number of benzene rings is 1. The summed E-state index contributed by atoms with van der Waals surface area (Å²) in [5.74, 6) is 2.43. The van der Waals surface area contributed by atoms with E-state index in [-0.39, 0.29) is 0 Å². The Hall–Kier alpha value is -1.98. The molecule has 0 aliphatic rings. The SMILES string of the molecule is C#Cc1ncc(-c2ccc(Cl)cc2)cc1N. The molecule has 2 N–H and O–H groups in total. The number of aromatic nitrogens is 1. The highest BCUT2D eigenvalue weighted by atomic mass is 35.5. The Morgan fingerprint density at radius 2 is 1.88 bits per heavy atom. The second kappa shape index (κ2) is 4.26. The van der Waals surface area contributed by atoms with Crippen molar-refractivity contribution in [1.29, 1.82) is 0 Å². The topological polar surface area (TPSA) is 38.9 Å². The van der Waals surface area contributed by atoms with Crippen molar-refractivity contribution >= 4 is 17.3 Å². The molecular weight excluding hydrogens is 220 g/mol. The van der Waals surface area contributed by atoms with Gasteiger partial charge in [0.05, 0.1) is 5.69 Å².